The number of aryl methyl sites for hydroxylation is 1. The summed E-state index contributed by atoms with van der Waals surface area (Å²) in [6.07, 6.45) is 1.31. The topological polar surface area (TPSA) is 59.0 Å². The highest BCUT2D eigenvalue weighted by Crippen LogP contribution is 2.19. The summed E-state index contributed by atoms with van der Waals surface area (Å²) in [4.78, 5) is 13.4. The van der Waals surface area contributed by atoms with Gasteiger partial charge in [0.2, 0.25) is 0 Å². The van der Waals surface area contributed by atoms with E-state index >= 15 is 0 Å². The van der Waals surface area contributed by atoms with Gasteiger partial charge in [0.05, 0.1) is 6.61 Å². The number of ether oxygens (including phenoxy) is 2. The molecule has 0 aliphatic heterocycles. The molecule has 0 aromatic heterocycles. The summed E-state index contributed by atoms with van der Waals surface area (Å²) in [5.41, 5.74) is 0.601. The van der Waals surface area contributed by atoms with Gasteiger partial charge in [0, 0.05) is 13.6 Å². The van der Waals surface area contributed by atoms with Crippen molar-refractivity contribution in [2.45, 2.75) is 39.2 Å². The van der Waals surface area contributed by atoms with Gasteiger partial charge in [0.15, 0.2) is 0 Å². The SMILES string of the molecule is CN(CCCc1ccccc1OCCO)C(=O)OC(C)(C)C. The number of amides is 1. The molecule has 1 aromatic carbocycles. The van der Waals surface area contributed by atoms with Gasteiger partial charge in [-0.2, -0.15) is 0 Å². The third kappa shape index (κ3) is 6.80. The molecule has 124 valence electrons. The zero-order valence-corrected chi connectivity index (χ0v) is 14.0. The number of nitrogens with zero attached hydrogens (tertiary/aromatic N) is 1. The molecular formula is C17H27NO4. The van der Waals surface area contributed by atoms with Crippen LogP contribution in [-0.4, -0.2) is 48.5 Å². The number of hydrogen-bond acceptors (Lipinski definition) is 4. The molecule has 0 bridgehead atoms. The lowest BCUT2D eigenvalue weighted by Crippen LogP contribution is -2.34. The molecule has 0 aliphatic carbocycles. The van der Waals surface area contributed by atoms with Crippen LogP contribution in [0.1, 0.15) is 32.8 Å². The zero-order valence-electron chi connectivity index (χ0n) is 14.0. The first kappa shape index (κ1) is 18.3. The Hall–Kier alpha value is -1.75. The number of carbonyl (C=O) groups is 1. The maximum Gasteiger partial charge on any atom is 0.410 e. The van der Waals surface area contributed by atoms with Crippen LogP contribution in [-0.2, 0) is 11.2 Å². The van der Waals surface area contributed by atoms with Crippen LogP contribution < -0.4 is 4.74 Å². The summed E-state index contributed by atoms with van der Waals surface area (Å²) in [5.74, 6) is 0.788. The summed E-state index contributed by atoms with van der Waals surface area (Å²) in [5, 5.41) is 8.84. The monoisotopic (exact) mass is 309 g/mol. The minimum atomic E-state index is -0.476. The molecule has 1 amide bonds. The minimum absolute atomic E-state index is 0.00425. The lowest BCUT2D eigenvalue weighted by Gasteiger charge is -2.24. The Kier molecular flexibility index (Phi) is 7.18. The van der Waals surface area contributed by atoms with Crippen LogP contribution in [0.4, 0.5) is 4.79 Å². The summed E-state index contributed by atoms with van der Waals surface area (Å²) in [6.45, 7) is 6.46. The van der Waals surface area contributed by atoms with Gasteiger partial charge in [0.1, 0.15) is 18.0 Å². The van der Waals surface area contributed by atoms with E-state index in [9.17, 15) is 4.79 Å². The first-order valence-electron chi connectivity index (χ1n) is 7.59. The van der Waals surface area contributed by atoms with E-state index in [0.29, 0.717) is 6.54 Å². The van der Waals surface area contributed by atoms with Gasteiger partial charge in [-0.05, 0) is 45.2 Å². The van der Waals surface area contributed by atoms with Gasteiger partial charge in [-0.25, -0.2) is 4.79 Å². The second kappa shape index (κ2) is 8.63. The molecular weight excluding hydrogens is 282 g/mol. The van der Waals surface area contributed by atoms with Crippen molar-refractivity contribution < 1.29 is 19.4 Å². The molecule has 0 unspecified atom stereocenters. The van der Waals surface area contributed by atoms with E-state index in [0.717, 1.165) is 24.2 Å². The predicted molar refractivity (Wildman–Crippen MR) is 86.2 cm³/mol. The van der Waals surface area contributed by atoms with E-state index in [4.69, 9.17) is 14.6 Å². The van der Waals surface area contributed by atoms with E-state index in [1.807, 2.05) is 45.0 Å². The largest absolute Gasteiger partial charge is 0.491 e. The Morgan fingerprint density at radius 3 is 2.59 bits per heavy atom. The molecule has 0 heterocycles. The van der Waals surface area contributed by atoms with E-state index in [1.165, 1.54) is 0 Å². The van der Waals surface area contributed by atoms with E-state index < -0.39 is 5.60 Å². The number of hydrogen-bond donors (Lipinski definition) is 1. The summed E-state index contributed by atoms with van der Waals surface area (Å²) in [6, 6.07) is 7.75. The molecule has 0 saturated carbocycles. The van der Waals surface area contributed by atoms with Gasteiger partial charge in [0.25, 0.3) is 0 Å². The summed E-state index contributed by atoms with van der Waals surface area (Å²) in [7, 11) is 1.74. The van der Waals surface area contributed by atoms with Crippen molar-refractivity contribution in [1.82, 2.24) is 4.90 Å². The first-order valence-corrected chi connectivity index (χ1v) is 7.59. The van der Waals surface area contributed by atoms with Gasteiger partial charge in [-0.1, -0.05) is 18.2 Å². The third-order valence-corrected chi connectivity index (χ3v) is 2.97. The predicted octanol–water partition coefficient (Wildman–Crippen LogP) is 2.86. The summed E-state index contributed by atoms with van der Waals surface area (Å²) >= 11 is 0. The maximum atomic E-state index is 11.9. The zero-order chi connectivity index (χ0) is 16.6. The highest BCUT2D eigenvalue weighted by molar-refractivity contribution is 5.67. The van der Waals surface area contributed by atoms with Crippen LogP contribution >= 0.6 is 0 Å². The number of rotatable bonds is 7. The average Bonchev–Trinajstić information content (AvgIpc) is 2.44. The molecule has 0 aliphatic rings. The van der Waals surface area contributed by atoms with Crippen LogP contribution in [0.3, 0.4) is 0 Å². The van der Waals surface area contributed by atoms with E-state index in [-0.39, 0.29) is 19.3 Å². The van der Waals surface area contributed by atoms with E-state index in [2.05, 4.69) is 0 Å². The molecule has 0 spiro atoms. The maximum absolute atomic E-state index is 11.9. The molecule has 22 heavy (non-hydrogen) atoms. The standard InChI is InChI=1S/C17H27NO4/c1-17(2,3)22-16(20)18(4)11-7-9-14-8-5-6-10-15(14)21-13-12-19/h5-6,8,10,19H,7,9,11-13H2,1-4H3. The van der Waals surface area contributed by atoms with E-state index in [1.54, 1.807) is 11.9 Å². The van der Waals surface area contributed by atoms with Crippen molar-refractivity contribution in [1.29, 1.82) is 0 Å². The van der Waals surface area contributed by atoms with Crippen molar-refractivity contribution in [3.8, 4) is 5.75 Å². The molecule has 0 fully saturated rings. The highest BCUT2D eigenvalue weighted by atomic mass is 16.6. The number of carbonyl (C=O) groups excluding carboxylic acids is 1. The number of aliphatic hydroxyl groups excluding tert-OH is 1. The molecule has 0 radical (unpaired) electrons. The lowest BCUT2D eigenvalue weighted by molar-refractivity contribution is 0.0297. The third-order valence-electron chi connectivity index (χ3n) is 2.97. The van der Waals surface area contributed by atoms with Gasteiger partial charge < -0.3 is 19.5 Å². The highest BCUT2D eigenvalue weighted by Gasteiger charge is 2.19. The van der Waals surface area contributed by atoms with Gasteiger partial charge in [-0.3, -0.25) is 0 Å². The van der Waals surface area contributed by atoms with Crippen LogP contribution in [0.15, 0.2) is 24.3 Å². The Labute approximate surface area is 132 Å². The molecule has 5 heteroatoms. The number of aliphatic hydroxyl groups is 1. The van der Waals surface area contributed by atoms with Gasteiger partial charge >= 0.3 is 6.09 Å². The van der Waals surface area contributed by atoms with Crippen molar-refractivity contribution in [3.63, 3.8) is 0 Å². The normalized spacial score (nSPS) is 11.1. The average molecular weight is 309 g/mol. The van der Waals surface area contributed by atoms with Crippen molar-refractivity contribution in [2.24, 2.45) is 0 Å². The Morgan fingerprint density at radius 2 is 1.95 bits per heavy atom. The molecule has 0 atom stereocenters. The molecule has 0 saturated heterocycles. The fourth-order valence-corrected chi connectivity index (χ4v) is 1.94. The Bertz CT molecular complexity index is 468. The Balaban J connectivity index is 2.45. The summed E-state index contributed by atoms with van der Waals surface area (Å²) < 4.78 is 10.8. The molecule has 1 aromatic rings. The van der Waals surface area contributed by atoms with Crippen LogP contribution in [0, 0.1) is 0 Å². The molecule has 1 rings (SSSR count). The second-order valence-electron chi connectivity index (χ2n) is 6.19. The molecule has 5 nitrogen and oxygen atoms in total. The van der Waals surface area contributed by atoms with Gasteiger partial charge in [-0.15, -0.1) is 0 Å². The van der Waals surface area contributed by atoms with Crippen molar-refractivity contribution in [3.05, 3.63) is 29.8 Å². The minimum Gasteiger partial charge on any atom is -0.491 e. The smallest absolute Gasteiger partial charge is 0.410 e. The van der Waals surface area contributed by atoms with Crippen LogP contribution in [0.2, 0.25) is 0 Å². The first-order chi connectivity index (χ1) is 10.3. The van der Waals surface area contributed by atoms with Crippen LogP contribution in [0.5, 0.6) is 5.75 Å². The number of benzene rings is 1. The van der Waals surface area contributed by atoms with Crippen molar-refractivity contribution in [2.75, 3.05) is 26.8 Å². The number of para-hydroxylation sites is 1. The Morgan fingerprint density at radius 1 is 1.27 bits per heavy atom. The second-order valence-corrected chi connectivity index (χ2v) is 6.19. The lowest BCUT2D eigenvalue weighted by atomic mass is 10.1. The quantitative estimate of drug-likeness (QED) is 0.841. The fraction of sp³-hybridized carbons (Fsp3) is 0.588. The van der Waals surface area contributed by atoms with Crippen molar-refractivity contribution >= 4 is 6.09 Å². The van der Waals surface area contributed by atoms with Crippen LogP contribution in [0.25, 0.3) is 0 Å². The molecule has 1 N–H and O–H groups in total. The fourth-order valence-electron chi connectivity index (χ4n) is 1.94.